The van der Waals surface area contributed by atoms with Gasteiger partial charge in [-0.3, -0.25) is 10.1 Å². The fraction of sp³-hybridized carbons (Fsp3) is 0.250. The summed E-state index contributed by atoms with van der Waals surface area (Å²) in [6, 6.07) is 1.35. The number of hydrogen-bond acceptors (Lipinski definition) is 4. The second-order valence-electron chi connectivity index (χ2n) is 2.95. The molecule has 1 rings (SSSR count). The first-order chi connectivity index (χ1) is 7.27. The van der Waals surface area contributed by atoms with Crippen LogP contribution in [0.2, 0.25) is 0 Å². The molecule has 0 radical (unpaired) electrons. The maximum atomic E-state index is 13.0. The summed E-state index contributed by atoms with van der Waals surface area (Å²) < 4.78 is 35.2. The number of benzene rings is 1. The Balaban J connectivity index is 3.68. The number of nitrogens with zero attached hydrogens (tertiary/aromatic N) is 1. The quantitative estimate of drug-likeness (QED) is 0.478. The highest BCUT2D eigenvalue weighted by molar-refractivity contribution is 8.13. The van der Waals surface area contributed by atoms with Gasteiger partial charge < -0.3 is 0 Å². The van der Waals surface area contributed by atoms with Crippen molar-refractivity contribution in [3.63, 3.8) is 0 Å². The molecule has 0 fully saturated rings. The smallest absolute Gasteiger partial charge is 0.258 e. The molecule has 1 aromatic carbocycles. The van der Waals surface area contributed by atoms with Crippen LogP contribution in [0.1, 0.15) is 12.5 Å². The summed E-state index contributed by atoms with van der Waals surface area (Å²) in [6.45, 7) is 1.52. The largest absolute Gasteiger partial charge is 0.276 e. The highest BCUT2D eigenvalue weighted by Crippen LogP contribution is 2.29. The van der Waals surface area contributed by atoms with Gasteiger partial charge in [0, 0.05) is 16.2 Å². The topological polar surface area (TPSA) is 77.3 Å². The van der Waals surface area contributed by atoms with Gasteiger partial charge in [0.1, 0.15) is 5.82 Å². The van der Waals surface area contributed by atoms with Crippen LogP contribution in [0.15, 0.2) is 17.0 Å². The lowest BCUT2D eigenvalue weighted by atomic mass is 10.1. The maximum absolute atomic E-state index is 13.0. The number of rotatable bonds is 3. The van der Waals surface area contributed by atoms with Gasteiger partial charge in [0.05, 0.1) is 15.9 Å². The maximum Gasteiger partial charge on any atom is 0.276 e. The zero-order chi connectivity index (χ0) is 12.5. The summed E-state index contributed by atoms with van der Waals surface area (Å²) in [4.78, 5) is 9.22. The normalized spacial score (nSPS) is 11.4. The summed E-state index contributed by atoms with van der Waals surface area (Å²) in [5, 5.41) is 10.6. The monoisotopic (exact) mass is 267 g/mol. The first kappa shape index (κ1) is 12.9. The lowest BCUT2D eigenvalue weighted by molar-refractivity contribution is -0.385. The van der Waals surface area contributed by atoms with E-state index in [-0.39, 0.29) is 12.0 Å². The zero-order valence-electron chi connectivity index (χ0n) is 8.11. The van der Waals surface area contributed by atoms with Crippen molar-refractivity contribution in [3.8, 4) is 0 Å². The molecule has 0 aliphatic rings. The van der Waals surface area contributed by atoms with Crippen molar-refractivity contribution in [2.75, 3.05) is 0 Å². The first-order valence-corrected chi connectivity index (χ1v) is 6.49. The summed E-state index contributed by atoms with van der Waals surface area (Å²) in [6.07, 6.45) is 0.0673. The van der Waals surface area contributed by atoms with Crippen LogP contribution >= 0.6 is 10.7 Å². The predicted molar refractivity (Wildman–Crippen MR) is 55.5 cm³/mol. The van der Waals surface area contributed by atoms with Crippen LogP contribution in [0.25, 0.3) is 0 Å². The van der Waals surface area contributed by atoms with Crippen LogP contribution in [0.3, 0.4) is 0 Å². The molecule has 0 atom stereocenters. The van der Waals surface area contributed by atoms with Crippen LogP contribution in [-0.4, -0.2) is 13.3 Å². The molecule has 0 saturated heterocycles. The Bertz CT molecular complexity index is 543. The van der Waals surface area contributed by atoms with Crippen LogP contribution < -0.4 is 0 Å². The highest BCUT2D eigenvalue weighted by atomic mass is 35.7. The Hall–Kier alpha value is -1.21. The molecule has 88 valence electrons. The Kier molecular flexibility index (Phi) is 3.49. The van der Waals surface area contributed by atoms with Crippen molar-refractivity contribution < 1.29 is 17.7 Å². The van der Waals surface area contributed by atoms with Gasteiger partial charge >= 0.3 is 0 Å². The Morgan fingerprint density at radius 2 is 2.06 bits per heavy atom. The average Bonchev–Trinajstić information content (AvgIpc) is 2.14. The number of nitro groups is 1. The lowest BCUT2D eigenvalue weighted by Gasteiger charge is -2.05. The minimum atomic E-state index is -4.20. The standard InChI is InChI=1S/C8H7ClFNO4S/c1-2-6-7(11(12)13)3-5(10)4-8(6)16(9,14)15/h3-4H,2H2,1H3. The molecule has 0 spiro atoms. The van der Waals surface area contributed by atoms with Crippen molar-refractivity contribution in [1.82, 2.24) is 0 Å². The van der Waals surface area contributed by atoms with Gasteiger partial charge in [-0.1, -0.05) is 6.92 Å². The molecular weight excluding hydrogens is 261 g/mol. The second-order valence-corrected chi connectivity index (χ2v) is 5.48. The molecule has 0 unspecified atom stereocenters. The summed E-state index contributed by atoms with van der Waals surface area (Å²) in [5.74, 6) is -1.01. The first-order valence-electron chi connectivity index (χ1n) is 4.18. The molecule has 0 aliphatic heterocycles. The average molecular weight is 268 g/mol. The van der Waals surface area contributed by atoms with Gasteiger partial charge in [-0.15, -0.1) is 0 Å². The molecule has 0 heterocycles. The van der Waals surface area contributed by atoms with E-state index in [1.165, 1.54) is 6.92 Å². The van der Waals surface area contributed by atoms with Gasteiger partial charge in [0.15, 0.2) is 0 Å². The molecular formula is C8H7ClFNO4S. The van der Waals surface area contributed by atoms with Gasteiger partial charge in [0.25, 0.3) is 14.7 Å². The van der Waals surface area contributed by atoms with Gasteiger partial charge in [-0.05, 0) is 12.5 Å². The molecule has 16 heavy (non-hydrogen) atoms. The van der Waals surface area contributed by atoms with Gasteiger partial charge in [-0.25, -0.2) is 12.8 Å². The van der Waals surface area contributed by atoms with E-state index < -0.39 is 30.4 Å². The summed E-state index contributed by atoms with van der Waals surface area (Å²) in [5.41, 5.74) is -0.678. The number of hydrogen-bond donors (Lipinski definition) is 0. The fourth-order valence-electron chi connectivity index (χ4n) is 1.33. The van der Waals surface area contributed by atoms with Crippen molar-refractivity contribution in [2.45, 2.75) is 18.2 Å². The van der Waals surface area contributed by atoms with Crippen molar-refractivity contribution in [2.24, 2.45) is 0 Å². The zero-order valence-corrected chi connectivity index (χ0v) is 9.68. The second kappa shape index (κ2) is 4.34. The van der Waals surface area contributed by atoms with Gasteiger partial charge in [0.2, 0.25) is 0 Å². The third-order valence-electron chi connectivity index (χ3n) is 1.96. The Morgan fingerprint density at radius 3 is 2.44 bits per heavy atom. The molecule has 5 nitrogen and oxygen atoms in total. The molecule has 1 aromatic rings. The van der Waals surface area contributed by atoms with Crippen LogP contribution in [0.4, 0.5) is 10.1 Å². The van der Waals surface area contributed by atoms with E-state index in [1.807, 2.05) is 0 Å². The Morgan fingerprint density at radius 1 is 1.50 bits per heavy atom. The minimum absolute atomic E-state index is 0.0673. The third-order valence-corrected chi connectivity index (χ3v) is 3.35. The van der Waals surface area contributed by atoms with E-state index in [0.717, 1.165) is 0 Å². The fourth-order valence-corrected chi connectivity index (χ4v) is 2.54. The predicted octanol–water partition coefficient (Wildman–Crippen LogP) is 2.22. The van der Waals surface area contributed by atoms with E-state index in [0.29, 0.717) is 12.1 Å². The van der Waals surface area contributed by atoms with Crippen molar-refractivity contribution in [3.05, 3.63) is 33.6 Å². The Labute approximate surface area is 95.4 Å². The van der Waals surface area contributed by atoms with E-state index in [4.69, 9.17) is 10.7 Å². The van der Waals surface area contributed by atoms with E-state index in [2.05, 4.69) is 0 Å². The van der Waals surface area contributed by atoms with Crippen molar-refractivity contribution >= 4 is 25.4 Å². The van der Waals surface area contributed by atoms with Crippen LogP contribution in [0, 0.1) is 15.9 Å². The summed E-state index contributed by atoms with van der Waals surface area (Å²) >= 11 is 0. The molecule has 0 N–H and O–H groups in total. The number of nitro benzene ring substituents is 1. The van der Waals surface area contributed by atoms with Crippen molar-refractivity contribution in [1.29, 1.82) is 0 Å². The summed E-state index contributed by atoms with van der Waals surface area (Å²) in [7, 11) is 0.878. The lowest BCUT2D eigenvalue weighted by Crippen LogP contribution is -2.03. The molecule has 0 saturated carbocycles. The highest BCUT2D eigenvalue weighted by Gasteiger charge is 2.24. The molecule has 8 heteroatoms. The third kappa shape index (κ3) is 2.48. The van der Waals surface area contributed by atoms with E-state index in [9.17, 15) is 22.9 Å². The van der Waals surface area contributed by atoms with Gasteiger partial charge in [-0.2, -0.15) is 0 Å². The molecule has 0 bridgehead atoms. The van der Waals surface area contributed by atoms with Crippen LogP contribution in [0.5, 0.6) is 0 Å². The van der Waals surface area contributed by atoms with Crippen LogP contribution in [-0.2, 0) is 15.5 Å². The van der Waals surface area contributed by atoms with E-state index >= 15 is 0 Å². The molecule has 0 aromatic heterocycles. The molecule has 0 aliphatic carbocycles. The van der Waals surface area contributed by atoms with E-state index in [1.54, 1.807) is 0 Å². The number of halogens is 2. The molecule has 0 amide bonds. The minimum Gasteiger partial charge on any atom is -0.258 e. The SMILES string of the molecule is CCc1c([N+](=O)[O-])cc(F)cc1S(=O)(=O)Cl.